The van der Waals surface area contributed by atoms with Crippen molar-refractivity contribution in [2.45, 2.75) is 0 Å². The Bertz CT molecular complexity index is 781. The first-order valence-corrected chi connectivity index (χ1v) is 7.91. The largest absolute Gasteiger partial charge is 0.328 e. The predicted molar refractivity (Wildman–Crippen MR) is 84.7 cm³/mol. The molecule has 0 spiro atoms. The third kappa shape index (κ3) is 2.70. The molecule has 0 aliphatic heterocycles. The lowest BCUT2D eigenvalue weighted by Crippen LogP contribution is -1.95. The lowest BCUT2D eigenvalue weighted by atomic mass is 10.3. The van der Waals surface area contributed by atoms with Crippen LogP contribution in [0, 0.1) is 11.6 Å². The summed E-state index contributed by atoms with van der Waals surface area (Å²) in [6.45, 7) is 0. The molecule has 0 unspecified atom stereocenters. The summed E-state index contributed by atoms with van der Waals surface area (Å²) in [6, 6.07) is 7.73. The van der Waals surface area contributed by atoms with Crippen molar-refractivity contribution in [1.29, 1.82) is 0 Å². The van der Waals surface area contributed by atoms with Crippen molar-refractivity contribution in [2.24, 2.45) is 0 Å². The van der Waals surface area contributed by atoms with E-state index in [1.807, 2.05) is 18.2 Å². The van der Waals surface area contributed by atoms with E-state index in [4.69, 9.17) is 0 Å². The number of nitrogens with zero attached hydrogens (tertiary/aromatic N) is 1. The van der Waals surface area contributed by atoms with Crippen LogP contribution in [0.1, 0.15) is 0 Å². The Morgan fingerprint density at radius 2 is 1.90 bits per heavy atom. The molecular weight excluding hydrogens is 414 g/mol. The Morgan fingerprint density at radius 1 is 1.10 bits per heavy atom. The van der Waals surface area contributed by atoms with Crippen LogP contribution in [0.25, 0.3) is 10.2 Å². The summed E-state index contributed by atoms with van der Waals surface area (Å²) in [4.78, 5) is 4.36. The fourth-order valence-corrected chi connectivity index (χ4v) is 3.65. The number of nitrogens with one attached hydrogen (secondary N) is 1. The zero-order chi connectivity index (χ0) is 14.3. The highest BCUT2D eigenvalue weighted by Gasteiger charge is 2.12. The molecule has 0 amide bonds. The van der Waals surface area contributed by atoms with Gasteiger partial charge in [-0.05, 0) is 40.2 Å². The van der Waals surface area contributed by atoms with Gasteiger partial charge in [0.05, 0.1) is 15.9 Å². The first kappa shape index (κ1) is 13.9. The molecule has 0 radical (unpaired) electrons. The van der Waals surface area contributed by atoms with Gasteiger partial charge in [0.25, 0.3) is 0 Å². The monoisotopic (exact) mass is 418 g/mol. The lowest BCUT2D eigenvalue weighted by Gasteiger charge is -2.06. The van der Waals surface area contributed by atoms with E-state index in [1.54, 1.807) is 0 Å². The van der Waals surface area contributed by atoms with E-state index >= 15 is 0 Å². The number of hydrogen-bond donors (Lipinski definition) is 1. The van der Waals surface area contributed by atoms with Crippen LogP contribution < -0.4 is 5.32 Å². The highest BCUT2D eigenvalue weighted by Crippen LogP contribution is 2.34. The molecule has 2 nitrogen and oxygen atoms in total. The summed E-state index contributed by atoms with van der Waals surface area (Å²) < 4.78 is 29.0. The van der Waals surface area contributed by atoms with Crippen molar-refractivity contribution in [3.8, 4) is 0 Å². The van der Waals surface area contributed by atoms with Crippen molar-refractivity contribution < 1.29 is 8.78 Å². The number of halogens is 4. The Kier molecular flexibility index (Phi) is 3.74. The number of rotatable bonds is 2. The van der Waals surface area contributed by atoms with Gasteiger partial charge in [0.15, 0.2) is 10.9 Å². The molecule has 0 fully saturated rings. The Morgan fingerprint density at radius 3 is 2.65 bits per heavy atom. The lowest BCUT2D eigenvalue weighted by molar-refractivity contribution is 0.584. The van der Waals surface area contributed by atoms with Crippen LogP contribution in [0.4, 0.5) is 19.6 Å². The Balaban J connectivity index is 2.01. The van der Waals surface area contributed by atoms with Crippen molar-refractivity contribution >= 4 is 64.2 Å². The first-order valence-electron chi connectivity index (χ1n) is 5.50. The summed E-state index contributed by atoms with van der Waals surface area (Å²) in [7, 11) is 0. The van der Waals surface area contributed by atoms with Gasteiger partial charge in [-0.25, -0.2) is 13.8 Å². The average molecular weight is 420 g/mol. The Hall–Kier alpha value is -1.05. The van der Waals surface area contributed by atoms with Gasteiger partial charge in [-0.1, -0.05) is 27.3 Å². The molecule has 0 saturated heterocycles. The van der Waals surface area contributed by atoms with Crippen molar-refractivity contribution in [2.75, 3.05) is 5.32 Å². The number of anilines is 2. The summed E-state index contributed by atoms with van der Waals surface area (Å²) in [6.07, 6.45) is 0. The minimum Gasteiger partial charge on any atom is -0.328 e. The normalized spacial score (nSPS) is 11.0. The molecule has 0 atom stereocenters. The van der Waals surface area contributed by atoms with Crippen LogP contribution in [0.5, 0.6) is 0 Å². The molecule has 0 bridgehead atoms. The molecule has 7 heteroatoms. The van der Waals surface area contributed by atoms with Gasteiger partial charge in [0.2, 0.25) is 0 Å². The van der Waals surface area contributed by atoms with Gasteiger partial charge in [0.1, 0.15) is 5.82 Å². The summed E-state index contributed by atoms with van der Waals surface area (Å²) in [5.74, 6) is -1.30. The second kappa shape index (κ2) is 5.38. The summed E-state index contributed by atoms with van der Waals surface area (Å²) in [5.41, 5.74) is 0.990. The number of thiazole rings is 1. The zero-order valence-electron chi connectivity index (χ0n) is 9.75. The Labute approximate surface area is 134 Å². The van der Waals surface area contributed by atoms with Crippen LogP contribution >= 0.6 is 43.2 Å². The predicted octanol–water partition coefficient (Wildman–Crippen LogP) is 5.84. The molecule has 1 heterocycles. The quantitative estimate of drug-likeness (QED) is 0.564. The first-order chi connectivity index (χ1) is 9.52. The standard InChI is InChI=1S/C13H6Br2F2N2S/c14-6-1-2-10-11(3-6)20-13(18-10)19-12-8(15)4-7(16)5-9(12)17/h1-5H,(H,18,19). The van der Waals surface area contributed by atoms with Crippen molar-refractivity contribution in [3.63, 3.8) is 0 Å². The van der Waals surface area contributed by atoms with E-state index < -0.39 is 11.6 Å². The third-order valence-corrected chi connectivity index (χ3v) is 4.64. The molecule has 3 aromatic rings. The van der Waals surface area contributed by atoms with Gasteiger partial charge in [0, 0.05) is 15.0 Å². The SMILES string of the molecule is Fc1cc(F)c(Nc2nc3ccc(Br)cc3s2)c(Br)c1. The van der Waals surface area contributed by atoms with E-state index in [2.05, 4.69) is 42.2 Å². The maximum absolute atomic E-state index is 13.8. The minimum absolute atomic E-state index is 0.171. The van der Waals surface area contributed by atoms with E-state index in [1.165, 1.54) is 17.4 Å². The average Bonchev–Trinajstić information content (AvgIpc) is 2.75. The van der Waals surface area contributed by atoms with E-state index in [9.17, 15) is 8.78 Å². The number of hydrogen-bond acceptors (Lipinski definition) is 3. The molecule has 0 saturated carbocycles. The number of aromatic nitrogens is 1. The number of benzene rings is 2. The van der Waals surface area contributed by atoms with Crippen LogP contribution in [0.2, 0.25) is 0 Å². The van der Waals surface area contributed by atoms with Gasteiger partial charge in [-0.15, -0.1) is 0 Å². The maximum atomic E-state index is 13.8. The van der Waals surface area contributed by atoms with E-state index in [0.717, 1.165) is 20.8 Å². The summed E-state index contributed by atoms with van der Waals surface area (Å²) in [5, 5.41) is 3.43. The second-order valence-electron chi connectivity index (χ2n) is 4.00. The van der Waals surface area contributed by atoms with Crippen LogP contribution in [0.15, 0.2) is 39.3 Å². The fourth-order valence-electron chi connectivity index (χ4n) is 1.72. The van der Waals surface area contributed by atoms with Crippen LogP contribution in [-0.2, 0) is 0 Å². The molecule has 2 aromatic carbocycles. The summed E-state index contributed by atoms with van der Waals surface area (Å²) >= 11 is 7.92. The molecule has 102 valence electrons. The fraction of sp³-hybridized carbons (Fsp3) is 0. The molecule has 0 aliphatic rings. The van der Waals surface area contributed by atoms with Crippen molar-refractivity contribution in [1.82, 2.24) is 4.98 Å². The van der Waals surface area contributed by atoms with Gasteiger partial charge in [-0.2, -0.15) is 0 Å². The molecular formula is C13H6Br2F2N2S. The van der Waals surface area contributed by atoms with E-state index in [0.29, 0.717) is 9.60 Å². The maximum Gasteiger partial charge on any atom is 0.188 e. The van der Waals surface area contributed by atoms with Crippen LogP contribution in [0.3, 0.4) is 0 Å². The topological polar surface area (TPSA) is 24.9 Å². The molecule has 0 aliphatic carbocycles. The molecule has 1 N–H and O–H groups in total. The highest BCUT2D eigenvalue weighted by atomic mass is 79.9. The van der Waals surface area contributed by atoms with Crippen LogP contribution in [-0.4, -0.2) is 4.98 Å². The highest BCUT2D eigenvalue weighted by molar-refractivity contribution is 9.10. The van der Waals surface area contributed by atoms with Gasteiger partial charge in [-0.3, -0.25) is 0 Å². The minimum atomic E-state index is -0.669. The number of fused-ring (bicyclic) bond motifs is 1. The van der Waals surface area contributed by atoms with Gasteiger partial charge >= 0.3 is 0 Å². The zero-order valence-corrected chi connectivity index (χ0v) is 13.7. The smallest absolute Gasteiger partial charge is 0.188 e. The second-order valence-corrected chi connectivity index (χ2v) is 6.80. The van der Waals surface area contributed by atoms with Gasteiger partial charge < -0.3 is 5.32 Å². The van der Waals surface area contributed by atoms with Crippen molar-refractivity contribution in [3.05, 3.63) is 50.9 Å². The van der Waals surface area contributed by atoms with E-state index in [-0.39, 0.29) is 5.69 Å². The third-order valence-electron chi connectivity index (χ3n) is 2.59. The molecule has 1 aromatic heterocycles. The molecule has 3 rings (SSSR count). The molecule has 20 heavy (non-hydrogen) atoms.